The summed E-state index contributed by atoms with van der Waals surface area (Å²) in [7, 11) is -4.52. The number of hydrogen-bond donors (Lipinski definition) is 4. The lowest BCUT2D eigenvalue weighted by Crippen LogP contribution is -2.51. The smallest absolute Gasteiger partial charge is 0.265 e. The Balaban J connectivity index is 3.22. The summed E-state index contributed by atoms with van der Waals surface area (Å²) in [6.07, 6.45) is -1.39. The van der Waals surface area contributed by atoms with E-state index in [1.807, 2.05) is 0 Å². The molecule has 0 bridgehead atoms. The van der Waals surface area contributed by atoms with Crippen LogP contribution >= 0.6 is 15.9 Å². The van der Waals surface area contributed by atoms with Crippen molar-refractivity contribution < 1.29 is 28.3 Å². The zero-order chi connectivity index (χ0) is 16.3. The van der Waals surface area contributed by atoms with Crippen molar-refractivity contribution in [3.05, 3.63) is 28.7 Å². The topological polar surface area (TPSA) is 147 Å². The van der Waals surface area contributed by atoms with E-state index in [1.165, 1.54) is 29.7 Å². The third-order valence-electron chi connectivity index (χ3n) is 2.77. The number of halogens is 1. The number of amides is 2. The van der Waals surface area contributed by atoms with Crippen molar-refractivity contribution in [1.29, 1.82) is 0 Å². The van der Waals surface area contributed by atoms with Crippen LogP contribution in [0.2, 0.25) is 0 Å². The first kappa shape index (κ1) is 17.6. The summed E-state index contributed by atoms with van der Waals surface area (Å²) in [5.74, 6) is -2.46. The van der Waals surface area contributed by atoms with Crippen molar-refractivity contribution in [2.75, 3.05) is 0 Å². The van der Waals surface area contributed by atoms with Gasteiger partial charge in [-0.15, -0.1) is 0 Å². The normalized spacial score (nSPS) is 14.2. The van der Waals surface area contributed by atoms with E-state index in [1.54, 1.807) is 0 Å². The van der Waals surface area contributed by atoms with E-state index in [4.69, 9.17) is 10.9 Å². The molecule has 1 atom stereocenters. The molecule has 8 nitrogen and oxygen atoms in total. The summed E-state index contributed by atoms with van der Waals surface area (Å²) < 4.78 is 25.3. The molecule has 2 amide bonds. The number of nitrogens with two attached hydrogens (primary N) is 1. The van der Waals surface area contributed by atoms with Crippen LogP contribution in [-0.4, -0.2) is 35.5 Å². The zero-order valence-corrected chi connectivity index (χ0v) is 13.0. The zero-order valence-electron chi connectivity index (χ0n) is 10.6. The van der Waals surface area contributed by atoms with Gasteiger partial charge in [-0.25, -0.2) is 13.9 Å². The van der Waals surface area contributed by atoms with Gasteiger partial charge in [-0.3, -0.25) is 14.8 Å². The first-order valence-corrected chi connectivity index (χ1v) is 7.88. The average molecular weight is 381 g/mol. The molecule has 1 aromatic carbocycles. The van der Waals surface area contributed by atoms with Crippen LogP contribution < -0.4 is 11.2 Å². The van der Waals surface area contributed by atoms with E-state index < -0.39 is 39.4 Å². The highest BCUT2D eigenvalue weighted by Crippen LogP contribution is 2.28. The van der Waals surface area contributed by atoms with Gasteiger partial charge in [-0.1, -0.05) is 15.9 Å². The van der Waals surface area contributed by atoms with E-state index in [0.29, 0.717) is 4.47 Å². The second-order valence-corrected chi connectivity index (χ2v) is 7.21. The SMILES string of the molecule is NC(=O)C(O)(CCC(=O)NO)S(=O)(=O)c1ccc(Br)cc1. The third kappa shape index (κ3) is 3.59. The number of sulfone groups is 1. The Morgan fingerprint density at radius 1 is 1.29 bits per heavy atom. The lowest BCUT2D eigenvalue weighted by molar-refractivity contribution is -0.133. The maximum atomic E-state index is 12.3. The van der Waals surface area contributed by atoms with Crippen LogP contribution in [0.25, 0.3) is 0 Å². The lowest BCUT2D eigenvalue weighted by Gasteiger charge is -2.24. The number of aliphatic hydroxyl groups is 1. The van der Waals surface area contributed by atoms with Gasteiger partial charge in [0.15, 0.2) is 0 Å². The summed E-state index contributed by atoms with van der Waals surface area (Å²) in [5.41, 5.74) is 6.25. The molecule has 0 aliphatic carbocycles. The number of rotatable bonds is 6. The Labute approximate surface area is 129 Å². The maximum Gasteiger partial charge on any atom is 0.265 e. The van der Waals surface area contributed by atoms with Gasteiger partial charge in [0.2, 0.25) is 20.7 Å². The van der Waals surface area contributed by atoms with Crippen LogP contribution in [0.3, 0.4) is 0 Å². The number of primary amides is 1. The van der Waals surface area contributed by atoms with Gasteiger partial charge in [0.1, 0.15) is 0 Å². The minimum atomic E-state index is -4.52. The fourth-order valence-electron chi connectivity index (χ4n) is 1.54. The Morgan fingerprint density at radius 2 is 1.81 bits per heavy atom. The van der Waals surface area contributed by atoms with Crippen LogP contribution in [0.15, 0.2) is 33.6 Å². The summed E-state index contributed by atoms with van der Waals surface area (Å²) in [5, 5.41) is 18.5. The largest absolute Gasteiger partial charge is 0.367 e. The Hall–Kier alpha value is -1.49. The van der Waals surface area contributed by atoms with E-state index in [2.05, 4.69) is 15.9 Å². The lowest BCUT2D eigenvalue weighted by atomic mass is 10.2. The van der Waals surface area contributed by atoms with Gasteiger partial charge in [0, 0.05) is 17.3 Å². The molecule has 0 saturated carbocycles. The van der Waals surface area contributed by atoms with Crippen LogP contribution in [0, 0.1) is 0 Å². The fraction of sp³-hybridized carbons (Fsp3) is 0.273. The minimum Gasteiger partial charge on any atom is -0.367 e. The van der Waals surface area contributed by atoms with Crippen molar-refractivity contribution in [2.24, 2.45) is 5.73 Å². The highest BCUT2D eigenvalue weighted by molar-refractivity contribution is 9.10. The molecule has 1 unspecified atom stereocenters. The first-order chi connectivity index (χ1) is 9.65. The molecule has 1 rings (SSSR count). The molecule has 0 aliphatic heterocycles. The fourth-order valence-corrected chi connectivity index (χ4v) is 3.32. The molecule has 0 aliphatic rings. The molecule has 0 spiro atoms. The summed E-state index contributed by atoms with van der Waals surface area (Å²) >= 11 is 3.12. The van der Waals surface area contributed by atoms with Gasteiger partial charge in [0.05, 0.1) is 4.90 Å². The second kappa shape index (κ2) is 6.52. The number of benzene rings is 1. The molecular weight excluding hydrogens is 368 g/mol. The van der Waals surface area contributed by atoms with E-state index in [0.717, 1.165) is 0 Å². The van der Waals surface area contributed by atoms with E-state index >= 15 is 0 Å². The average Bonchev–Trinajstić information content (AvgIpc) is 2.44. The molecule has 116 valence electrons. The van der Waals surface area contributed by atoms with Crippen molar-refractivity contribution >= 4 is 37.6 Å². The molecular formula is C11H13BrN2O6S. The van der Waals surface area contributed by atoms with Gasteiger partial charge in [-0.2, -0.15) is 0 Å². The molecule has 10 heteroatoms. The predicted molar refractivity (Wildman–Crippen MR) is 74.6 cm³/mol. The maximum absolute atomic E-state index is 12.3. The Kier molecular flexibility index (Phi) is 5.45. The number of hydrogen-bond acceptors (Lipinski definition) is 6. The monoisotopic (exact) mass is 380 g/mol. The van der Waals surface area contributed by atoms with Crippen LogP contribution in [0.1, 0.15) is 12.8 Å². The number of carbonyl (C=O) groups excluding carboxylic acids is 2. The van der Waals surface area contributed by atoms with Crippen LogP contribution in [0.5, 0.6) is 0 Å². The number of nitrogens with one attached hydrogen (secondary N) is 1. The second-order valence-electron chi connectivity index (χ2n) is 4.14. The molecule has 21 heavy (non-hydrogen) atoms. The molecule has 0 heterocycles. The number of hydroxylamine groups is 1. The molecule has 0 radical (unpaired) electrons. The highest BCUT2D eigenvalue weighted by atomic mass is 79.9. The third-order valence-corrected chi connectivity index (χ3v) is 5.49. The van der Waals surface area contributed by atoms with Crippen molar-refractivity contribution in [1.82, 2.24) is 5.48 Å². The molecule has 0 aromatic heterocycles. The Morgan fingerprint density at radius 3 is 2.24 bits per heavy atom. The Bertz CT molecular complexity index is 645. The molecule has 5 N–H and O–H groups in total. The van der Waals surface area contributed by atoms with Crippen molar-refractivity contribution in [3.63, 3.8) is 0 Å². The van der Waals surface area contributed by atoms with Gasteiger partial charge in [-0.05, 0) is 24.3 Å². The van der Waals surface area contributed by atoms with Gasteiger partial charge in [0.25, 0.3) is 5.91 Å². The number of carbonyl (C=O) groups is 2. The summed E-state index contributed by atoms with van der Waals surface area (Å²) in [6.45, 7) is 0. The quantitative estimate of drug-likeness (QED) is 0.392. The van der Waals surface area contributed by atoms with Gasteiger partial charge >= 0.3 is 0 Å². The molecule has 1 aromatic rings. The molecule has 0 fully saturated rings. The standard InChI is InChI=1S/C11H13BrN2O6S/c12-7-1-3-8(4-2-7)21(19,20)11(17,10(13)16)6-5-9(15)14-18/h1-4,17-18H,5-6H2,(H2,13,16)(H,14,15). The van der Waals surface area contributed by atoms with E-state index in [-0.39, 0.29) is 4.90 Å². The highest BCUT2D eigenvalue weighted by Gasteiger charge is 2.48. The van der Waals surface area contributed by atoms with Crippen molar-refractivity contribution in [2.45, 2.75) is 22.7 Å². The van der Waals surface area contributed by atoms with Crippen molar-refractivity contribution in [3.8, 4) is 0 Å². The van der Waals surface area contributed by atoms with Gasteiger partial charge < -0.3 is 10.8 Å². The summed E-state index contributed by atoms with van der Waals surface area (Å²) in [4.78, 5) is 19.1. The minimum absolute atomic E-state index is 0.323. The summed E-state index contributed by atoms with van der Waals surface area (Å²) in [6, 6.07) is 5.18. The van der Waals surface area contributed by atoms with Crippen LogP contribution in [0.4, 0.5) is 0 Å². The van der Waals surface area contributed by atoms with Crippen LogP contribution in [-0.2, 0) is 19.4 Å². The predicted octanol–water partition coefficient (Wildman–Crippen LogP) is -0.318. The first-order valence-electron chi connectivity index (χ1n) is 5.60. The van der Waals surface area contributed by atoms with E-state index in [9.17, 15) is 23.1 Å². The molecule has 0 saturated heterocycles.